The molecule has 1 aliphatic rings. The summed E-state index contributed by atoms with van der Waals surface area (Å²) in [7, 11) is 1.33. The molecule has 0 spiro atoms. The van der Waals surface area contributed by atoms with Gasteiger partial charge in [0.05, 0.1) is 26.2 Å². The van der Waals surface area contributed by atoms with Crippen LogP contribution in [0, 0.1) is 0 Å². The maximum Gasteiger partial charge on any atom is 0.308 e. The van der Waals surface area contributed by atoms with Crippen LogP contribution < -0.4 is 0 Å². The molecule has 0 saturated carbocycles. The average molecular weight is 298 g/mol. The van der Waals surface area contributed by atoms with Gasteiger partial charge in [-0.1, -0.05) is 17.7 Å². The normalized spacial score (nSPS) is 18.7. The molecule has 1 atom stereocenters. The molecule has 5 nitrogen and oxygen atoms in total. The number of esters is 1. The Balaban J connectivity index is 2.01. The van der Waals surface area contributed by atoms with Gasteiger partial charge in [-0.15, -0.1) is 0 Å². The number of carbonyl (C=O) groups excluding carboxylic acids is 2. The zero-order chi connectivity index (χ0) is 14.5. The predicted molar refractivity (Wildman–Crippen MR) is 73.7 cm³/mol. The van der Waals surface area contributed by atoms with Gasteiger partial charge in [0.25, 0.3) is 5.91 Å². The lowest BCUT2D eigenvalue weighted by molar-refractivity contribution is -0.145. The SMILES string of the molecule is COC(=O)CC1CN(C(=O)c2cccc(Cl)c2)CCO1. The summed E-state index contributed by atoms with van der Waals surface area (Å²) < 4.78 is 10.1. The minimum Gasteiger partial charge on any atom is -0.469 e. The lowest BCUT2D eigenvalue weighted by atomic mass is 10.1. The van der Waals surface area contributed by atoms with E-state index in [1.807, 2.05) is 0 Å². The van der Waals surface area contributed by atoms with E-state index in [-0.39, 0.29) is 24.4 Å². The van der Waals surface area contributed by atoms with Gasteiger partial charge in [0, 0.05) is 23.7 Å². The fourth-order valence-electron chi connectivity index (χ4n) is 2.10. The highest BCUT2D eigenvalue weighted by Crippen LogP contribution is 2.16. The van der Waals surface area contributed by atoms with Gasteiger partial charge in [0.15, 0.2) is 0 Å². The highest BCUT2D eigenvalue weighted by atomic mass is 35.5. The molecule has 20 heavy (non-hydrogen) atoms. The van der Waals surface area contributed by atoms with Crippen molar-refractivity contribution in [3.63, 3.8) is 0 Å². The molecule has 1 aromatic carbocycles. The standard InChI is InChI=1S/C14H16ClNO4/c1-19-13(17)8-12-9-16(5-6-20-12)14(18)10-3-2-4-11(15)7-10/h2-4,7,12H,5-6,8-9H2,1H3. The van der Waals surface area contributed by atoms with E-state index in [1.54, 1.807) is 29.2 Å². The summed E-state index contributed by atoms with van der Waals surface area (Å²) in [5, 5.41) is 0.523. The van der Waals surface area contributed by atoms with Gasteiger partial charge in [-0.05, 0) is 18.2 Å². The first-order valence-electron chi connectivity index (χ1n) is 6.33. The van der Waals surface area contributed by atoms with Gasteiger partial charge in [0.1, 0.15) is 0 Å². The van der Waals surface area contributed by atoms with Crippen molar-refractivity contribution in [3.05, 3.63) is 34.9 Å². The number of methoxy groups -OCH3 is 1. The van der Waals surface area contributed by atoms with Gasteiger partial charge in [-0.2, -0.15) is 0 Å². The molecule has 1 aromatic rings. The van der Waals surface area contributed by atoms with Crippen molar-refractivity contribution >= 4 is 23.5 Å². The summed E-state index contributed by atoms with van der Waals surface area (Å²) in [6.07, 6.45) is -0.171. The molecule has 108 valence electrons. The Morgan fingerprint density at radius 3 is 3.00 bits per heavy atom. The van der Waals surface area contributed by atoms with Crippen LogP contribution in [0.2, 0.25) is 5.02 Å². The molecule has 1 saturated heterocycles. The zero-order valence-electron chi connectivity index (χ0n) is 11.2. The molecular weight excluding hydrogens is 282 g/mol. The molecule has 1 unspecified atom stereocenters. The number of hydrogen-bond acceptors (Lipinski definition) is 4. The summed E-state index contributed by atoms with van der Waals surface area (Å²) in [5.41, 5.74) is 0.538. The van der Waals surface area contributed by atoms with Crippen LogP contribution in [-0.4, -0.2) is 49.7 Å². The summed E-state index contributed by atoms with van der Waals surface area (Å²) >= 11 is 5.89. The second-order valence-corrected chi connectivity index (χ2v) is 4.97. The molecule has 0 aliphatic carbocycles. The molecule has 0 radical (unpaired) electrons. The molecule has 0 N–H and O–H groups in total. The smallest absolute Gasteiger partial charge is 0.308 e. The number of amides is 1. The van der Waals surface area contributed by atoms with Crippen LogP contribution in [0.5, 0.6) is 0 Å². The van der Waals surface area contributed by atoms with Crippen molar-refractivity contribution in [3.8, 4) is 0 Å². The van der Waals surface area contributed by atoms with Crippen molar-refractivity contribution in [1.29, 1.82) is 0 Å². The minimum atomic E-state index is -0.341. The fourth-order valence-corrected chi connectivity index (χ4v) is 2.29. The Morgan fingerprint density at radius 1 is 1.50 bits per heavy atom. The number of rotatable bonds is 3. The van der Waals surface area contributed by atoms with Gasteiger partial charge in [-0.3, -0.25) is 9.59 Å². The third-order valence-corrected chi connectivity index (χ3v) is 3.35. The van der Waals surface area contributed by atoms with Crippen LogP contribution in [0.4, 0.5) is 0 Å². The second-order valence-electron chi connectivity index (χ2n) is 4.53. The lowest BCUT2D eigenvalue weighted by Crippen LogP contribution is -2.46. The predicted octanol–water partition coefficient (Wildman–Crippen LogP) is 1.74. The van der Waals surface area contributed by atoms with E-state index in [2.05, 4.69) is 4.74 Å². The van der Waals surface area contributed by atoms with E-state index in [0.29, 0.717) is 30.3 Å². The first-order valence-corrected chi connectivity index (χ1v) is 6.71. The van der Waals surface area contributed by atoms with E-state index < -0.39 is 0 Å². The first-order chi connectivity index (χ1) is 9.60. The second kappa shape index (κ2) is 6.72. The van der Waals surface area contributed by atoms with Crippen molar-refractivity contribution in [1.82, 2.24) is 4.90 Å². The van der Waals surface area contributed by atoms with Crippen molar-refractivity contribution in [2.45, 2.75) is 12.5 Å². The third-order valence-electron chi connectivity index (χ3n) is 3.12. The minimum absolute atomic E-state index is 0.106. The Labute approximate surface area is 122 Å². The molecule has 2 rings (SSSR count). The Kier molecular flexibility index (Phi) is 4.98. The summed E-state index contributed by atoms with van der Waals surface area (Å²) in [5.74, 6) is -0.447. The van der Waals surface area contributed by atoms with Crippen LogP contribution in [0.3, 0.4) is 0 Å². The van der Waals surface area contributed by atoms with Gasteiger partial charge < -0.3 is 14.4 Å². The van der Waals surface area contributed by atoms with Crippen molar-refractivity contribution in [2.24, 2.45) is 0 Å². The van der Waals surface area contributed by atoms with E-state index in [9.17, 15) is 9.59 Å². The number of carbonyl (C=O) groups is 2. The van der Waals surface area contributed by atoms with E-state index in [0.717, 1.165) is 0 Å². The highest BCUT2D eigenvalue weighted by Gasteiger charge is 2.26. The maximum atomic E-state index is 12.3. The summed E-state index contributed by atoms with van der Waals surface area (Å²) in [4.78, 5) is 25.3. The number of morpholine rings is 1. The van der Waals surface area contributed by atoms with E-state index in [4.69, 9.17) is 16.3 Å². The number of hydrogen-bond donors (Lipinski definition) is 0. The first kappa shape index (κ1) is 14.8. The van der Waals surface area contributed by atoms with Gasteiger partial charge >= 0.3 is 5.97 Å². The molecule has 0 bridgehead atoms. The highest BCUT2D eigenvalue weighted by molar-refractivity contribution is 6.30. The number of nitrogens with zero attached hydrogens (tertiary/aromatic N) is 1. The van der Waals surface area contributed by atoms with Crippen LogP contribution in [0.1, 0.15) is 16.8 Å². The van der Waals surface area contributed by atoms with Crippen LogP contribution in [-0.2, 0) is 14.3 Å². The molecule has 1 heterocycles. The fraction of sp³-hybridized carbons (Fsp3) is 0.429. The van der Waals surface area contributed by atoms with E-state index >= 15 is 0 Å². The Hall–Kier alpha value is -1.59. The molecule has 0 aromatic heterocycles. The Bertz CT molecular complexity index is 506. The Morgan fingerprint density at radius 2 is 2.30 bits per heavy atom. The lowest BCUT2D eigenvalue weighted by Gasteiger charge is -2.32. The topological polar surface area (TPSA) is 55.8 Å². The molecule has 1 aliphatic heterocycles. The van der Waals surface area contributed by atoms with E-state index in [1.165, 1.54) is 7.11 Å². The average Bonchev–Trinajstić information content (AvgIpc) is 2.46. The van der Waals surface area contributed by atoms with Crippen LogP contribution >= 0.6 is 11.6 Å². The zero-order valence-corrected chi connectivity index (χ0v) is 11.9. The van der Waals surface area contributed by atoms with Crippen LogP contribution in [0.15, 0.2) is 24.3 Å². The molecule has 1 amide bonds. The molecular formula is C14H16ClNO4. The van der Waals surface area contributed by atoms with Gasteiger partial charge in [0.2, 0.25) is 0 Å². The number of halogens is 1. The summed E-state index contributed by atoms with van der Waals surface area (Å²) in [6, 6.07) is 6.81. The third kappa shape index (κ3) is 3.71. The summed E-state index contributed by atoms with van der Waals surface area (Å²) in [6.45, 7) is 1.29. The van der Waals surface area contributed by atoms with Crippen molar-refractivity contribution in [2.75, 3.05) is 26.8 Å². The van der Waals surface area contributed by atoms with Crippen LogP contribution in [0.25, 0.3) is 0 Å². The van der Waals surface area contributed by atoms with Gasteiger partial charge in [-0.25, -0.2) is 0 Å². The molecule has 6 heteroatoms. The maximum absolute atomic E-state index is 12.3. The monoisotopic (exact) mass is 297 g/mol. The van der Waals surface area contributed by atoms with Crippen molar-refractivity contribution < 1.29 is 19.1 Å². The number of ether oxygens (including phenoxy) is 2. The molecule has 1 fully saturated rings. The number of benzene rings is 1. The quantitative estimate of drug-likeness (QED) is 0.798. The largest absolute Gasteiger partial charge is 0.469 e.